The summed E-state index contributed by atoms with van der Waals surface area (Å²) in [6.07, 6.45) is 0. The van der Waals surface area contributed by atoms with Crippen molar-refractivity contribution in [2.24, 2.45) is 0 Å². The second kappa shape index (κ2) is 5.45. The first-order chi connectivity index (χ1) is 8.99. The summed E-state index contributed by atoms with van der Waals surface area (Å²) in [4.78, 5) is 11.0. The van der Waals surface area contributed by atoms with Gasteiger partial charge in [-0.05, 0) is 65.2 Å². The fourth-order valence-electron chi connectivity index (χ4n) is 1.88. The van der Waals surface area contributed by atoms with Crippen LogP contribution in [0.15, 0.2) is 40.9 Å². The van der Waals surface area contributed by atoms with Crippen molar-refractivity contribution in [1.82, 2.24) is 0 Å². The Morgan fingerprint density at radius 3 is 2.53 bits per heavy atom. The van der Waals surface area contributed by atoms with Gasteiger partial charge >= 0.3 is 5.97 Å². The van der Waals surface area contributed by atoms with Crippen LogP contribution in [0.25, 0.3) is 0 Å². The lowest BCUT2D eigenvalue weighted by molar-refractivity contribution is 0.0696. The first kappa shape index (κ1) is 13.6. The van der Waals surface area contributed by atoms with E-state index in [1.807, 2.05) is 31.2 Å². The summed E-state index contributed by atoms with van der Waals surface area (Å²) in [5, 5.41) is 12.3. The molecule has 2 aromatic rings. The molecule has 3 nitrogen and oxygen atoms in total. The molecule has 0 heterocycles. The van der Waals surface area contributed by atoms with Crippen molar-refractivity contribution in [2.75, 3.05) is 5.32 Å². The number of carboxylic acid groups (broad SMARTS) is 1. The lowest BCUT2D eigenvalue weighted by Gasteiger charge is -2.11. The van der Waals surface area contributed by atoms with Crippen LogP contribution in [0.1, 0.15) is 21.5 Å². The predicted octanol–water partition coefficient (Wildman–Crippen LogP) is 4.51. The SMILES string of the molecule is Cc1cc(Nc2cccc(C)c2Br)ccc1C(=O)O. The third-order valence-electron chi connectivity index (χ3n) is 2.93. The van der Waals surface area contributed by atoms with E-state index in [1.54, 1.807) is 19.1 Å². The van der Waals surface area contributed by atoms with E-state index in [0.717, 1.165) is 27.0 Å². The number of hydrogen-bond acceptors (Lipinski definition) is 2. The zero-order valence-electron chi connectivity index (χ0n) is 10.7. The summed E-state index contributed by atoms with van der Waals surface area (Å²) in [7, 11) is 0. The average Bonchev–Trinajstić information content (AvgIpc) is 2.34. The largest absolute Gasteiger partial charge is 0.478 e. The zero-order valence-corrected chi connectivity index (χ0v) is 12.3. The molecule has 0 amide bonds. The van der Waals surface area contributed by atoms with Gasteiger partial charge in [-0.2, -0.15) is 0 Å². The fraction of sp³-hybridized carbons (Fsp3) is 0.133. The van der Waals surface area contributed by atoms with Crippen molar-refractivity contribution in [3.8, 4) is 0 Å². The minimum Gasteiger partial charge on any atom is -0.478 e. The maximum atomic E-state index is 11.0. The quantitative estimate of drug-likeness (QED) is 0.875. The zero-order chi connectivity index (χ0) is 14.0. The van der Waals surface area contributed by atoms with Gasteiger partial charge in [0.2, 0.25) is 0 Å². The molecule has 0 aliphatic rings. The molecule has 2 aromatic carbocycles. The highest BCUT2D eigenvalue weighted by Gasteiger charge is 2.08. The molecule has 0 aromatic heterocycles. The Bertz CT molecular complexity index is 638. The van der Waals surface area contributed by atoms with Crippen LogP contribution in [0.4, 0.5) is 11.4 Å². The van der Waals surface area contributed by atoms with Gasteiger partial charge in [0.15, 0.2) is 0 Å². The Hall–Kier alpha value is -1.81. The molecule has 0 fully saturated rings. The first-order valence-corrected chi connectivity index (χ1v) is 6.64. The van der Waals surface area contributed by atoms with Crippen molar-refractivity contribution in [1.29, 1.82) is 0 Å². The van der Waals surface area contributed by atoms with Gasteiger partial charge in [-0.3, -0.25) is 0 Å². The van der Waals surface area contributed by atoms with Crippen LogP contribution < -0.4 is 5.32 Å². The van der Waals surface area contributed by atoms with Gasteiger partial charge in [0.1, 0.15) is 0 Å². The van der Waals surface area contributed by atoms with Crippen molar-refractivity contribution < 1.29 is 9.90 Å². The summed E-state index contributed by atoms with van der Waals surface area (Å²) in [6, 6.07) is 11.2. The molecule has 19 heavy (non-hydrogen) atoms. The monoisotopic (exact) mass is 319 g/mol. The summed E-state index contributed by atoms with van der Waals surface area (Å²) in [5.41, 5.74) is 4.04. The molecule has 0 aliphatic heterocycles. The molecular formula is C15H14BrNO2. The van der Waals surface area contributed by atoms with Gasteiger partial charge in [-0.15, -0.1) is 0 Å². The number of aromatic carboxylic acids is 1. The Labute approximate surface area is 120 Å². The number of halogens is 1. The molecular weight excluding hydrogens is 306 g/mol. The number of anilines is 2. The minimum absolute atomic E-state index is 0.328. The van der Waals surface area contributed by atoms with Crippen LogP contribution in [0.3, 0.4) is 0 Å². The molecule has 0 saturated carbocycles. The lowest BCUT2D eigenvalue weighted by atomic mass is 10.1. The third kappa shape index (κ3) is 2.96. The predicted molar refractivity (Wildman–Crippen MR) is 80.3 cm³/mol. The van der Waals surface area contributed by atoms with Crippen LogP contribution in [-0.4, -0.2) is 11.1 Å². The number of nitrogens with one attached hydrogen (secondary N) is 1. The van der Waals surface area contributed by atoms with E-state index in [0.29, 0.717) is 5.56 Å². The van der Waals surface area contributed by atoms with E-state index in [-0.39, 0.29) is 0 Å². The Morgan fingerprint density at radius 1 is 1.16 bits per heavy atom. The topological polar surface area (TPSA) is 49.3 Å². The number of carbonyl (C=O) groups is 1. The summed E-state index contributed by atoms with van der Waals surface area (Å²) < 4.78 is 1.01. The van der Waals surface area contributed by atoms with E-state index in [4.69, 9.17) is 5.11 Å². The first-order valence-electron chi connectivity index (χ1n) is 5.85. The minimum atomic E-state index is -0.902. The van der Waals surface area contributed by atoms with Crippen LogP contribution >= 0.6 is 15.9 Å². The Balaban J connectivity index is 2.32. The van der Waals surface area contributed by atoms with E-state index >= 15 is 0 Å². The number of benzene rings is 2. The average molecular weight is 320 g/mol. The highest BCUT2D eigenvalue weighted by molar-refractivity contribution is 9.10. The number of hydrogen-bond donors (Lipinski definition) is 2. The van der Waals surface area contributed by atoms with Gasteiger partial charge in [0.25, 0.3) is 0 Å². The van der Waals surface area contributed by atoms with Crippen LogP contribution in [0.2, 0.25) is 0 Å². The second-order valence-electron chi connectivity index (χ2n) is 4.40. The number of carboxylic acids is 1. The molecule has 0 atom stereocenters. The van der Waals surface area contributed by atoms with Gasteiger partial charge < -0.3 is 10.4 Å². The maximum absolute atomic E-state index is 11.0. The molecule has 0 bridgehead atoms. The fourth-order valence-corrected chi connectivity index (χ4v) is 2.24. The van der Waals surface area contributed by atoms with Gasteiger partial charge in [0.05, 0.1) is 11.3 Å². The molecule has 0 aliphatic carbocycles. The molecule has 2 rings (SSSR count). The highest BCUT2D eigenvalue weighted by atomic mass is 79.9. The normalized spacial score (nSPS) is 10.3. The van der Waals surface area contributed by atoms with Gasteiger partial charge in [0, 0.05) is 10.2 Å². The van der Waals surface area contributed by atoms with E-state index in [1.165, 1.54) is 0 Å². The molecule has 2 N–H and O–H groups in total. The van der Waals surface area contributed by atoms with E-state index in [2.05, 4.69) is 21.2 Å². The molecule has 0 saturated heterocycles. The second-order valence-corrected chi connectivity index (χ2v) is 5.19. The van der Waals surface area contributed by atoms with E-state index < -0.39 is 5.97 Å². The summed E-state index contributed by atoms with van der Waals surface area (Å²) >= 11 is 3.54. The van der Waals surface area contributed by atoms with Crippen LogP contribution in [-0.2, 0) is 0 Å². The third-order valence-corrected chi connectivity index (χ3v) is 3.98. The molecule has 0 unspecified atom stereocenters. The van der Waals surface area contributed by atoms with Crippen molar-refractivity contribution in [3.63, 3.8) is 0 Å². The highest BCUT2D eigenvalue weighted by Crippen LogP contribution is 2.29. The van der Waals surface area contributed by atoms with Gasteiger partial charge in [-0.1, -0.05) is 12.1 Å². The molecule has 98 valence electrons. The van der Waals surface area contributed by atoms with Crippen molar-refractivity contribution in [3.05, 3.63) is 57.6 Å². The van der Waals surface area contributed by atoms with Crippen LogP contribution in [0.5, 0.6) is 0 Å². The maximum Gasteiger partial charge on any atom is 0.335 e. The lowest BCUT2D eigenvalue weighted by Crippen LogP contribution is -2.00. The summed E-state index contributed by atoms with van der Waals surface area (Å²) in [6.45, 7) is 3.81. The standard InChI is InChI=1S/C15H14BrNO2/c1-9-4-3-5-13(14(9)16)17-11-6-7-12(15(18)19)10(2)8-11/h3-8,17H,1-2H3,(H,18,19). The van der Waals surface area contributed by atoms with Crippen LogP contribution in [0, 0.1) is 13.8 Å². The van der Waals surface area contributed by atoms with E-state index in [9.17, 15) is 4.79 Å². The Kier molecular flexibility index (Phi) is 3.90. The molecule has 0 spiro atoms. The van der Waals surface area contributed by atoms with Crippen molar-refractivity contribution >= 4 is 33.3 Å². The number of aryl methyl sites for hydroxylation is 2. The van der Waals surface area contributed by atoms with Crippen molar-refractivity contribution in [2.45, 2.75) is 13.8 Å². The summed E-state index contributed by atoms with van der Waals surface area (Å²) in [5.74, 6) is -0.902. The number of rotatable bonds is 3. The molecule has 4 heteroatoms. The smallest absolute Gasteiger partial charge is 0.335 e. The molecule has 0 radical (unpaired) electrons. The Morgan fingerprint density at radius 2 is 1.89 bits per heavy atom. The van der Waals surface area contributed by atoms with Gasteiger partial charge in [-0.25, -0.2) is 4.79 Å².